The Labute approximate surface area is 297 Å². The molecule has 0 spiro atoms. The topological polar surface area (TPSA) is 175 Å². The van der Waals surface area contributed by atoms with Crippen LogP contribution in [0.2, 0.25) is 0 Å². The van der Waals surface area contributed by atoms with Crippen molar-refractivity contribution in [3.63, 3.8) is 0 Å². The molecule has 0 aromatic rings. The van der Waals surface area contributed by atoms with Crippen LogP contribution >= 0.6 is 0 Å². The maximum Gasteiger partial charge on any atom is 0.407 e. The molecule has 0 radical (unpaired) electrons. The van der Waals surface area contributed by atoms with Crippen LogP contribution in [-0.2, 0) is 23.9 Å². The van der Waals surface area contributed by atoms with E-state index >= 15 is 0 Å². The third-order valence-electron chi connectivity index (χ3n) is 11.3. The fourth-order valence-corrected chi connectivity index (χ4v) is 8.40. The predicted octanol–water partition coefficient (Wildman–Crippen LogP) is 3.57. The molecule has 280 valence electrons. The van der Waals surface area contributed by atoms with Gasteiger partial charge in [0.05, 0.1) is 12.1 Å². The summed E-state index contributed by atoms with van der Waals surface area (Å²) < 4.78 is 5.46. The molecule has 7 atom stereocenters. The summed E-state index contributed by atoms with van der Waals surface area (Å²) in [5.41, 5.74) is 0. The average molecular weight is 701 g/mol. The van der Waals surface area contributed by atoms with Gasteiger partial charge in [0.1, 0.15) is 18.7 Å². The van der Waals surface area contributed by atoms with Crippen molar-refractivity contribution in [1.82, 2.24) is 31.5 Å². The van der Waals surface area contributed by atoms with E-state index in [9.17, 15) is 28.8 Å². The number of alkyl carbamates (subject to hydrolysis) is 1. The molecule has 0 aromatic heterocycles. The molecule has 1 heterocycles. The molecule has 3 aliphatic carbocycles. The molecule has 4 unspecified atom stereocenters. The molecular weight excluding hydrogens is 640 g/mol. The van der Waals surface area contributed by atoms with Gasteiger partial charge in [0.2, 0.25) is 17.6 Å². The number of carbonyl (C=O) groups is 6. The molecule has 3 saturated carbocycles. The zero-order valence-electron chi connectivity index (χ0n) is 30.3. The minimum atomic E-state index is -1.01. The van der Waals surface area contributed by atoms with Gasteiger partial charge in [-0.2, -0.15) is 0 Å². The van der Waals surface area contributed by atoms with E-state index in [2.05, 4.69) is 40.1 Å². The van der Waals surface area contributed by atoms with Gasteiger partial charge in [0, 0.05) is 19.6 Å². The summed E-state index contributed by atoms with van der Waals surface area (Å²) in [6, 6.07) is -3.53. The van der Waals surface area contributed by atoms with Gasteiger partial charge < -0.3 is 36.2 Å². The second-order valence-electron chi connectivity index (χ2n) is 14.7. The first-order chi connectivity index (χ1) is 24.1. The summed E-state index contributed by atoms with van der Waals surface area (Å²) >= 11 is 0. The standard InChI is InChI=1S/C37H60N6O7/c1-5-8-19-27(32(44)34(46)39-20-6-2)40-33(45)31-29-23(4)26(29)21-43(31)35(47)30(25-17-13-10-14-18-25)42-36(48)41-28(22-50-37(49)38-7-3)24-15-11-9-12-16-24/h6,23-31H,2,5,7-22H2,1,3-4H3,(H,38,49)(H,39,46)(H,40,45)(H2,41,42,48)/t23?,26-,27?,28-,29+,30?,31?/m1/s1. The lowest BCUT2D eigenvalue weighted by atomic mass is 9.83. The summed E-state index contributed by atoms with van der Waals surface area (Å²) in [7, 11) is 0. The summed E-state index contributed by atoms with van der Waals surface area (Å²) in [5, 5.41) is 14.1. The number of amides is 6. The molecule has 13 heteroatoms. The quantitative estimate of drug-likeness (QED) is 0.114. The Kier molecular flexibility index (Phi) is 15.0. The number of ether oxygens (including phenoxy) is 1. The molecule has 6 amide bonds. The smallest absolute Gasteiger partial charge is 0.407 e. The number of likely N-dealkylation sites (tertiary alicyclic amines) is 1. The number of unbranched alkanes of at least 4 members (excludes halogenated alkanes) is 1. The van der Waals surface area contributed by atoms with Crippen LogP contribution in [0.15, 0.2) is 12.7 Å². The molecule has 4 fully saturated rings. The van der Waals surface area contributed by atoms with E-state index in [0.29, 0.717) is 25.9 Å². The van der Waals surface area contributed by atoms with Crippen LogP contribution in [0.3, 0.4) is 0 Å². The number of carbonyl (C=O) groups excluding carboxylic acids is 6. The van der Waals surface area contributed by atoms with Crippen LogP contribution in [0.1, 0.15) is 104 Å². The van der Waals surface area contributed by atoms with Crippen LogP contribution in [-0.4, -0.2) is 90.9 Å². The summed E-state index contributed by atoms with van der Waals surface area (Å²) in [4.78, 5) is 81.7. The Morgan fingerprint density at radius 3 is 2.16 bits per heavy atom. The number of fused-ring (bicyclic) bond motifs is 1. The summed E-state index contributed by atoms with van der Waals surface area (Å²) in [6.45, 7) is 10.4. The number of hydrogen-bond donors (Lipinski definition) is 5. The fourth-order valence-electron chi connectivity index (χ4n) is 8.40. The average Bonchev–Trinajstić information content (AvgIpc) is 3.55. The van der Waals surface area contributed by atoms with E-state index in [-0.39, 0.29) is 48.6 Å². The highest BCUT2D eigenvalue weighted by molar-refractivity contribution is 6.38. The van der Waals surface area contributed by atoms with Gasteiger partial charge in [-0.05, 0) is 68.6 Å². The Hall–Kier alpha value is -3.64. The zero-order chi connectivity index (χ0) is 36.2. The molecule has 5 N–H and O–H groups in total. The van der Waals surface area contributed by atoms with Gasteiger partial charge in [-0.25, -0.2) is 9.59 Å². The number of ketones is 1. The van der Waals surface area contributed by atoms with Crippen molar-refractivity contribution in [3.8, 4) is 0 Å². The normalized spacial score (nSPS) is 25.2. The van der Waals surface area contributed by atoms with Crippen molar-refractivity contribution in [3.05, 3.63) is 12.7 Å². The molecule has 50 heavy (non-hydrogen) atoms. The molecule has 13 nitrogen and oxygen atoms in total. The Morgan fingerprint density at radius 1 is 0.880 bits per heavy atom. The molecule has 4 aliphatic rings. The van der Waals surface area contributed by atoms with E-state index in [1.165, 1.54) is 6.08 Å². The number of piperidine rings is 1. The maximum atomic E-state index is 14.5. The Morgan fingerprint density at radius 2 is 1.54 bits per heavy atom. The number of rotatable bonds is 17. The maximum absolute atomic E-state index is 14.5. The Balaban J connectivity index is 1.51. The van der Waals surface area contributed by atoms with Gasteiger partial charge in [-0.15, -0.1) is 6.58 Å². The fraction of sp³-hybridized carbons (Fsp3) is 0.784. The number of Topliss-reactive ketones (excluding diaryl/α,β-unsaturated/α-hetero) is 1. The van der Waals surface area contributed by atoms with E-state index in [0.717, 1.165) is 70.6 Å². The third-order valence-corrected chi connectivity index (χ3v) is 11.3. The van der Waals surface area contributed by atoms with Crippen LogP contribution in [0.5, 0.6) is 0 Å². The first-order valence-electron chi connectivity index (χ1n) is 19.1. The van der Waals surface area contributed by atoms with Crippen molar-refractivity contribution in [2.45, 2.75) is 128 Å². The van der Waals surface area contributed by atoms with Crippen molar-refractivity contribution >= 4 is 35.6 Å². The van der Waals surface area contributed by atoms with E-state index in [1.54, 1.807) is 11.8 Å². The molecule has 0 aromatic carbocycles. The first kappa shape index (κ1) is 39.2. The summed E-state index contributed by atoms with van der Waals surface area (Å²) in [6.07, 6.45) is 12.2. The zero-order valence-corrected chi connectivity index (χ0v) is 30.3. The van der Waals surface area contributed by atoms with Crippen molar-refractivity contribution in [2.75, 3.05) is 26.2 Å². The van der Waals surface area contributed by atoms with Gasteiger partial charge in [-0.1, -0.05) is 71.3 Å². The van der Waals surface area contributed by atoms with E-state index in [4.69, 9.17) is 4.74 Å². The molecule has 1 saturated heterocycles. The number of nitrogens with zero attached hydrogens (tertiary/aromatic N) is 1. The minimum Gasteiger partial charge on any atom is -0.447 e. The van der Waals surface area contributed by atoms with Crippen LogP contribution < -0.4 is 26.6 Å². The van der Waals surface area contributed by atoms with Gasteiger partial charge in [0.25, 0.3) is 5.91 Å². The second-order valence-corrected chi connectivity index (χ2v) is 14.7. The summed E-state index contributed by atoms with van der Waals surface area (Å²) in [5.74, 6) is -1.83. The highest BCUT2D eigenvalue weighted by Crippen LogP contribution is 2.55. The number of nitrogens with one attached hydrogen (secondary N) is 5. The molecule has 4 rings (SSSR count). The monoisotopic (exact) mass is 700 g/mol. The minimum absolute atomic E-state index is 0.0328. The van der Waals surface area contributed by atoms with Gasteiger partial charge in [0.15, 0.2) is 0 Å². The van der Waals surface area contributed by atoms with Crippen LogP contribution in [0, 0.1) is 29.6 Å². The first-order valence-corrected chi connectivity index (χ1v) is 19.1. The Bertz CT molecular complexity index is 1220. The SMILES string of the molecule is C=CCNC(=O)C(=O)C(CCCC)NC(=O)C1[C@H]2C(C)[C@H]2CN1C(=O)C(NC(=O)N[C@H](COC(=O)NCC)C1CCCCC1)C1CCCCC1. The van der Waals surface area contributed by atoms with E-state index in [1.807, 2.05) is 6.92 Å². The molecule has 0 bridgehead atoms. The van der Waals surface area contributed by atoms with Crippen LogP contribution in [0.4, 0.5) is 9.59 Å². The largest absolute Gasteiger partial charge is 0.447 e. The highest BCUT2D eigenvalue weighted by atomic mass is 16.5. The van der Waals surface area contributed by atoms with E-state index < -0.39 is 53.9 Å². The number of urea groups is 1. The van der Waals surface area contributed by atoms with Crippen molar-refractivity contribution in [2.24, 2.45) is 29.6 Å². The van der Waals surface area contributed by atoms with Gasteiger partial charge in [-0.3, -0.25) is 19.2 Å². The number of hydrogen-bond acceptors (Lipinski definition) is 7. The molecular formula is C37H60N6O7. The third kappa shape index (κ3) is 10.2. The van der Waals surface area contributed by atoms with Crippen LogP contribution in [0.25, 0.3) is 0 Å². The van der Waals surface area contributed by atoms with Gasteiger partial charge >= 0.3 is 12.1 Å². The lowest BCUT2D eigenvalue weighted by Gasteiger charge is -2.37. The predicted molar refractivity (Wildman–Crippen MR) is 189 cm³/mol. The lowest BCUT2D eigenvalue weighted by Crippen LogP contribution is -2.61. The second kappa shape index (κ2) is 19.1. The van der Waals surface area contributed by atoms with Crippen molar-refractivity contribution < 1.29 is 33.5 Å². The lowest BCUT2D eigenvalue weighted by molar-refractivity contribution is -0.144. The van der Waals surface area contributed by atoms with Crippen molar-refractivity contribution in [1.29, 1.82) is 0 Å². The molecule has 1 aliphatic heterocycles. The highest BCUT2D eigenvalue weighted by Gasteiger charge is 2.63.